The predicted octanol–water partition coefficient (Wildman–Crippen LogP) is 4.40. The lowest BCUT2D eigenvalue weighted by Crippen LogP contribution is -2.27. The van der Waals surface area contributed by atoms with Crippen molar-refractivity contribution in [3.63, 3.8) is 0 Å². The van der Waals surface area contributed by atoms with E-state index in [0.29, 0.717) is 35.9 Å². The number of aromatic amines is 1. The summed E-state index contributed by atoms with van der Waals surface area (Å²) in [6.07, 6.45) is 3.39. The first-order chi connectivity index (χ1) is 17.4. The molecule has 1 aliphatic heterocycles. The van der Waals surface area contributed by atoms with E-state index >= 15 is 0 Å². The second-order valence-electron chi connectivity index (χ2n) is 9.33. The maximum absolute atomic E-state index is 13.1. The first kappa shape index (κ1) is 22.1. The lowest BCUT2D eigenvalue weighted by atomic mass is 10.0. The molecule has 1 aliphatic carbocycles. The fraction of sp³-hybridized carbons (Fsp3) is 0.222. The summed E-state index contributed by atoms with van der Waals surface area (Å²) in [5.41, 5.74) is 11.1. The summed E-state index contributed by atoms with van der Waals surface area (Å²) in [5.74, 6) is 0.398. The van der Waals surface area contributed by atoms with Crippen molar-refractivity contribution in [2.24, 2.45) is 5.73 Å². The van der Waals surface area contributed by atoms with Gasteiger partial charge in [0.05, 0.1) is 11.9 Å². The molecule has 9 heteroatoms. The van der Waals surface area contributed by atoms with Gasteiger partial charge >= 0.3 is 0 Å². The molecule has 0 radical (unpaired) electrons. The summed E-state index contributed by atoms with van der Waals surface area (Å²) in [6, 6.07) is 12.9. The van der Waals surface area contributed by atoms with Crippen molar-refractivity contribution in [1.29, 1.82) is 0 Å². The van der Waals surface area contributed by atoms with Gasteiger partial charge in [-0.2, -0.15) is 5.10 Å². The third-order valence-corrected chi connectivity index (χ3v) is 6.92. The van der Waals surface area contributed by atoms with E-state index in [4.69, 9.17) is 10.5 Å². The number of halogens is 1. The Kier molecular flexibility index (Phi) is 5.13. The number of carbonyl (C=O) groups excluding carboxylic acids is 2. The minimum absolute atomic E-state index is 0.116. The van der Waals surface area contributed by atoms with Gasteiger partial charge < -0.3 is 20.4 Å². The highest BCUT2D eigenvalue weighted by Crippen LogP contribution is 2.37. The number of hydrogen-bond donors (Lipinski definition) is 2. The molecule has 1 unspecified atom stereocenters. The van der Waals surface area contributed by atoms with Crippen molar-refractivity contribution in [3.8, 4) is 22.8 Å². The van der Waals surface area contributed by atoms with Gasteiger partial charge in [-0.05, 0) is 68.3 Å². The molecule has 1 atom stereocenters. The Bertz CT molecular complexity index is 1530. The Morgan fingerprint density at radius 3 is 2.42 bits per heavy atom. The molecule has 2 amide bonds. The van der Waals surface area contributed by atoms with Crippen molar-refractivity contribution in [2.45, 2.75) is 25.7 Å². The van der Waals surface area contributed by atoms with Crippen LogP contribution in [0.15, 0.2) is 65.9 Å². The molecule has 6 rings (SSSR count). The second-order valence-corrected chi connectivity index (χ2v) is 9.33. The molecule has 0 spiro atoms. The molecule has 2 aromatic heterocycles. The molecule has 0 bridgehead atoms. The number of benzene rings is 2. The second kappa shape index (κ2) is 8.37. The molecule has 8 nitrogen and oxygen atoms in total. The summed E-state index contributed by atoms with van der Waals surface area (Å²) in [5, 5.41) is 4.46. The Hall–Kier alpha value is -4.40. The number of rotatable bonds is 6. The van der Waals surface area contributed by atoms with E-state index in [9.17, 15) is 14.0 Å². The van der Waals surface area contributed by atoms with Gasteiger partial charge in [0.25, 0.3) is 5.91 Å². The molecular formula is C27H24FN5O3. The molecule has 4 aromatic rings. The zero-order chi connectivity index (χ0) is 25.0. The van der Waals surface area contributed by atoms with E-state index < -0.39 is 5.91 Å². The number of likely N-dealkylation sites (tertiary alicyclic amines) is 1. The normalized spacial score (nSPS) is 17.2. The van der Waals surface area contributed by atoms with Crippen LogP contribution in [-0.4, -0.2) is 44.4 Å². The standard InChI is InChI=1S/C27H24FN5O3/c1-15-12-21(15)27(35)32-11-10-17(14-32)22-13-30-33-24(25(29)34)23(31-26(22)33)16-2-6-19(7-3-16)36-20-8-4-18(28)5-9-20/h2-9,13,17,31H,10-12,14H2,1H3,(H2,29,34). The highest BCUT2D eigenvalue weighted by atomic mass is 19.1. The summed E-state index contributed by atoms with van der Waals surface area (Å²) >= 11 is 0. The maximum atomic E-state index is 13.1. The number of fused-ring (bicyclic) bond motifs is 1. The Morgan fingerprint density at radius 1 is 1.11 bits per heavy atom. The van der Waals surface area contributed by atoms with Gasteiger partial charge in [0.15, 0.2) is 5.69 Å². The van der Waals surface area contributed by atoms with Crippen LogP contribution in [0.25, 0.3) is 16.9 Å². The van der Waals surface area contributed by atoms with E-state index in [1.807, 2.05) is 24.0 Å². The molecular weight excluding hydrogens is 461 g/mol. The lowest BCUT2D eigenvalue weighted by Gasteiger charge is -2.14. The number of H-pyrrole nitrogens is 1. The third kappa shape index (κ3) is 3.82. The molecule has 1 saturated heterocycles. The van der Waals surface area contributed by atoms with Gasteiger partial charge in [0, 0.05) is 35.7 Å². The van der Waals surface area contributed by atoms with Crippen LogP contribution in [-0.2, 0) is 4.79 Å². The van der Waals surface area contributed by atoms with Crippen molar-refractivity contribution < 1.29 is 18.7 Å². The lowest BCUT2D eigenvalue weighted by molar-refractivity contribution is -0.125. The van der Waals surface area contributed by atoms with Crippen molar-refractivity contribution in [2.75, 3.05) is 13.1 Å². The van der Waals surface area contributed by atoms with Crippen molar-refractivity contribution >= 4 is 17.5 Å². The van der Waals surface area contributed by atoms with Crippen LogP contribution in [0, 0.1) is 5.82 Å². The Balaban J connectivity index is 1.28. The van der Waals surface area contributed by atoms with E-state index in [1.165, 1.54) is 17.7 Å². The number of ether oxygens (including phenoxy) is 1. The molecule has 0 saturated carbocycles. The number of allylic oxidation sites excluding steroid dienone is 1. The molecule has 1 fully saturated rings. The fourth-order valence-corrected chi connectivity index (χ4v) is 4.87. The summed E-state index contributed by atoms with van der Waals surface area (Å²) in [4.78, 5) is 30.3. The number of nitrogens with one attached hydrogen (secondary N) is 1. The number of carbonyl (C=O) groups is 2. The number of nitrogens with two attached hydrogens (primary N) is 1. The fourth-order valence-electron chi connectivity index (χ4n) is 4.87. The molecule has 182 valence electrons. The van der Waals surface area contributed by atoms with E-state index in [0.717, 1.165) is 29.5 Å². The molecule has 3 heterocycles. The van der Waals surface area contributed by atoms with Crippen LogP contribution in [0.2, 0.25) is 0 Å². The number of imidazole rings is 1. The molecule has 2 aliphatic rings. The number of hydrogen-bond acceptors (Lipinski definition) is 4. The van der Waals surface area contributed by atoms with Crippen LogP contribution in [0.3, 0.4) is 0 Å². The highest BCUT2D eigenvalue weighted by Gasteiger charge is 2.35. The van der Waals surface area contributed by atoms with Crippen LogP contribution in [0.5, 0.6) is 11.5 Å². The Labute approximate surface area is 206 Å². The highest BCUT2D eigenvalue weighted by molar-refractivity contribution is 5.99. The minimum Gasteiger partial charge on any atom is -0.457 e. The van der Waals surface area contributed by atoms with Gasteiger partial charge in [-0.15, -0.1) is 0 Å². The Morgan fingerprint density at radius 2 is 1.78 bits per heavy atom. The van der Waals surface area contributed by atoms with Gasteiger partial charge in [-0.1, -0.05) is 5.57 Å². The largest absolute Gasteiger partial charge is 0.457 e. The van der Waals surface area contributed by atoms with E-state index in [1.54, 1.807) is 35.0 Å². The predicted molar refractivity (Wildman–Crippen MR) is 131 cm³/mol. The van der Waals surface area contributed by atoms with Gasteiger partial charge in [-0.25, -0.2) is 8.91 Å². The maximum Gasteiger partial charge on any atom is 0.269 e. The van der Waals surface area contributed by atoms with Crippen molar-refractivity contribution in [1.82, 2.24) is 19.5 Å². The molecule has 3 N–H and O–H groups in total. The minimum atomic E-state index is -0.600. The smallest absolute Gasteiger partial charge is 0.269 e. The van der Waals surface area contributed by atoms with E-state index in [2.05, 4.69) is 10.1 Å². The van der Waals surface area contributed by atoms with Crippen LogP contribution in [0.4, 0.5) is 4.39 Å². The summed E-state index contributed by atoms with van der Waals surface area (Å²) < 4.78 is 20.5. The van der Waals surface area contributed by atoms with Crippen LogP contribution < -0.4 is 10.5 Å². The van der Waals surface area contributed by atoms with Gasteiger partial charge in [0.1, 0.15) is 23.0 Å². The first-order valence-corrected chi connectivity index (χ1v) is 11.8. The average Bonchev–Trinajstić information content (AvgIpc) is 3.23. The number of amides is 2. The monoisotopic (exact) mass is 485 g/mol. The number of nitrogens with zero attached hydrogens (tertiary/aromatic N) is 3. The molecule has 36 heavy (non-hydrogen) atoms. The quantitative estimate of drug-likeness (QED) is 0.422. The third-order valence-electron chi connectivity index (χ3n) is 6.92. The SMILES string of the molecule is CC1=C(C(=O)N2CCC(c3cnn4c(C(N)=O)c(-c5ccc(Oc6ccc(F)cc6)cc5)[nH]c34)C2)C1. The van der Waals surface area contributed by atoms with E-state index in [-0.39, 0.29) is 23.3 Å². The first-order valence-electron chi connectivity index (χ1n) is 11.8. The van der Waals surface area contributed by atoms with Crippen LogP contribution in [0.1, 0.15) is 41.7 Å². The summed E-state index contributed by atoms with van der Waals surface area (Å²) in [6.45, 7) is 3.31. The summed E-state index contributed by atoms with van der Waals surface area (Å²) in [7, 11) is 0. The zero-order valence-corrected chi connectivity index (χ0v) is 19.6. The van der Waals surface area contributed by atoms with Crippen LogP contribution >= 0.6 is 0 Å². The number of aromatic nitrogens is 3. The molecule has 2 aromatic carbocycles. The average molecular weight is 486 g/mol. The van der Waals surface area contributed by atoms with Crippen molar-refractivity contribution in [3.05, 3.63) is 82.9 Å². The van der Waals surface area contributed by atoms with Gasteiger partial charge in [0.2, 0.25) is 5.91 Å². The topological polar surface area (TPSA) is 106 Å². The zero-order valence-electron chi connectivity index (χ0n) is 19.6. The van der Waals surface area contributed by atoms with Gasteiger partial charge in [-0.3, -0.25) is 9.59 Å². The number of primary amides is 1.